The van der Waals surface area contributed by atoms with Crippen LogP contribution in [0.5, 0.6) is 0 Å². The molecule has 0 bridgehead atoms. The summed E-state index contributed by atoms with van der Waals surface area (Å²) >= 11 is -4.78. The normalized spacial score (nSPS) is 14.6. The van der Waals surface area contributed by atoms with E-state index in [0.29, 0.717) is 0 Å². The molecule has 21 heavy (non-hydrogen) atoms. The zero-order valence-electron chi connectivity index (χ0n) is 16.9. The first-order valence-electron chi connectivity index (χ1n) is 9.07. The standard InChI is InChI=1S/6C3H7.O.2Ti/c6*1-3-2;;;/h6*3H,1-2H3;;;. The van der Waals surface area contributed by atoms with Crippen molar-refractivity contribution < 1.29 is 35.9 Å². The van der Waals surface area contributed by atoms with Crippen molar-refractivity contribution in [2.24, 2.45) is 0 Å². The summed E-state index contributed by atoms with van der Waals surface area (Å²) in [5, 5.41) is 0. The zero-order chi connectivity index (χ0) is 17.2. The van der Waals surface area contributed by atoms with Crippen LogP contribution >= 0.6 is 0 Å². The Labute approximate surface area is 143 Å². The molecule has 3 heteroatoms. The minimum absolute atomic E-state index is 0.742. The molecule has 0 aromatic heterocycles. The molecule has 0 unspecified atom stereocenters. The molecule has 0 fully saturated rings. The van der Waals surface area contributed by atoms with E-state index in [1.165, 1.54) is 0 Å². The van der Waals surface area contributed by atoms with Crippen molar-refractivity contribution in [3.63, 3.8) is 0 Å². The molecule has 128 valence electrons. The van der Waals surface area contributed by atoms with Crippen LogP contribution in [0.15, 0.2) is 0 Å². The van der Waals surface area contributed by atoms with Gasteiger partial charge < -0.3 is 0 Å². The first-order chi connectivity index (χ1) is 9.37. The third-order valence-corrected chi connectivity index (χ3v) is 28.3. The Kier molecular flexibility index (Phi) is 9.04. The molecular weight excluding hydrogens is 328 g/mol. The van der Waals surface area contributed by atoms with Crippen molar-refractivity contribution in [3.8, 4) is 0 Å². The molecule has 0 radical (unpaired) electrons. The van der Waals surface area contributed by atoms with Crippen molar-refractivity contribution in [2.75, 3.05) is 0 Å². The van der Waals surface area contributed by atoms with Gasteiger partial charge in [0.2, 0.25) is 0 Å². The monoisotopic (exact) mass is 370 g/mol. The van der Waals surface area contributed by atoms with Gasteiger partial charge in [-0.1, -0.05) is 0 Å². The van der Waals surface area contributed by atoms with Gasteiger partial charge in [0.1, 0.15) is 0 Å². The van der Waals surface area contributed by atoms with Crippen molar-refractivity contribution in [1.82, 2.24) is 0 Å². The van der Waals surface area contributed by atoms with E-state index in [9.17, 15) is 0 Å². The van der Waals surface area contributed by atoms with Gasteiger partial charge in [0, 0.05) is 0 Å². The molecule has 0 spiro atoms. The Morgan fingerprint density at radius 3 is 0.619 bits per heavy atom. The molecule has 0 aromatic rings. The van der Waals surface area contributed by atoms with Crippen LogP contribution in [0.1, 0.15) is 83.1 Å². The van der Waals surface area contributed by atoms with Crippen LogP contribution in [0.4, 0.5) is 0 Å². The Balaban J connectivity index is 6.06. The summed E-state index contributed by atoms with van der Waals surface area (Å²) in [5.41, 5.74) is 0. The van der Waals surface area contributed by atoms with Gasteiger partial charge in [0.05, 0.1) is 0 Å². The quantitative estimate of drug-likeness (QED) is 0.392. The van der Waals surface area contributed by atoms with E-state index in [1.54, 1.807) is 0 Å². The Hall–Kier alpha value is 1.39. The summed E-state index contributed by atoms with van der Waals surface area (Å²) in [7, 11) is 0. The first-order valence-corrected chi connectivity index (χ1v) is 15.8. The summed E-state index contributed by atoms with van der Waals surface area (Å²) in [6.45, 7) is 29.3. The second-order valence-corrected chi connectivity index (χ2v) is 26.5. The molecule has 0 saturated carbocycles. The summed E-state index contributed by atoms with van der Waals surface area (Å²) in [6, 6.07) is 0. The second kappa shape index (κ2) is 8.48. The van der Waals surface area contributed by atoms with Crippen molar-refractivity contribution in [3.05, 3.63) is 0 Å². The fourth-order valence-corrected chi connectivity index (χ4v) is 33.7. The van der Waals surface area contributed by atoms with E-state index in [0.717, 1.165) is 25.3 Å². The van der Waals surface area contributed by atoms with Crippen LogP contribution in [-0.2, 0) is 35.9 Å². The molecule has 1 nitrogen and oxygen atoms in total. The SMILES string of the molecule is C[CH](C)[Ti]([O][Ti]([CH](C)C)([CH](C)C)[CH](C)C)([CH](C)C)[CH](C)C. The van der Waals surface area contributed by atoms with Crippen LogP contribution in [0.25, 0.3) is 0 Å². The number of hydrogen-bond donors (Lipinski definition) is 0. The molecule has 0 aliphatic carbocycles. The molecule has 0 rings (SSSR count). The van der Waals surface area contributed by atoms with Crippen molar-refractivity contribution >= 4 is 0 Å². The third kappa shape index (κ3) is 4.27. The number of hydrogen-bond acceptors (Lipinski definition) is 1. The van der Waals surface area contributed by atoms with Crippen LogP contribution < -0.4 is 0 Å². The maximum absolute atomic E-state index is 7.57. The minimum atomic E-state index is -2.39. The van der Waals surface area contributed by atoms with Gasteiger partial charge in [0.15, 0.2) is 0 Å². The van der Waals surface area contributed by atoms with Crippen molar-refractivity contribution in [2.45, 2.75) is 108 Å². The molecule has 0 heterocycles. The van der Waals surface area contributed by atoms with E-state index in [1.807, 2.05) is 0 Å². The van der Waals surface area contributed by atoms with Crippen LogP contribution in [0, 0.1) is 0 Å². The molecular formula is C18H42OTi2. The molecule has 0 aromatic carbocycles. The molecule has 0 aliphatic rings. The van der Waals surface area contributed by atoms with Crippen molar-refractivity contribution in [1.29, 1.82) is 0 Å². The Morgan fingerprint density at radius 1 is 0.381 bits per heavy atom. The fraction of sp³-hybridized carbons (Fsp3) is 1.00. The van der Waals surface area contributed by atoms with Crippen LogP contribution in [-0.4, -0.2) is 0 Å². The average Bonchev–Trinajstić information content (AvgIpc) is 2.26. The Morgan fingerprint density at radius 2 is 0.524 bits per heavy atom. The number of rotatable bonds is 8. The van der Waals surface area contributed by atoms with Crippen LogP contribution in [0.3, 0.4) is 0 Å². The molecule has 0 N–H and O–H groups in total. The van der Waals surface area contributed by atoms with Gasteiger partial charge in [-0.3, -0.25) is 0 Å². The maximum atomic E-state index is 7.57. The second-order valence-electron chi connectivity index (χ2n) is 8.74. The van der Waals surface area contributed by atoms with Gasteiger partial charge >= 0.3 is 144 Å². The Bertz CT molecular complexity index is 233. The fourth-order valence-electron chi connectivity index (χ4n) is 5.01. The molecule has 0 atom stereocenters. The van der Waals surface area contributed by atoms with Gasteiger partial charge in [-0.2, -0.15) is 0 Å². The van der Waals surface area contributed by atoms with E-state index in [2.05, 4.69) is 83.1 Å². The van der Waals surface area contributed by atoms with E-state index < -0.39 is 34.0 Å². The van der Waals surface area contributed by atoms with Gasteiger partial charge in [-0.15, -0.1) is 0 Å². The zero-order valence-corrected chi connectivity index (χ0v) is 20.0. The van der Waals surface area contributed by atoms with E-state index >= 15 is 0 Å². The third-order valence-electron chi connectivity index (χ3n) is 5.77. The predicted molar refractivity (Wildman–Crippen MR) is 91.7 cm³/mol. The molecule has 0 saturated heterocycles. The van der Waals surface area contributed by atoms with Crippen LogP contribution in [0.2, 0.25) is 25.3 Å². The average molecular weight is 370 g/mol. The van der Waals surface area contributed by atoms with E-state index in [4.69, 9.17) is 1.90 Å². The topological polar surface area (TPSA) is 9.23 Å². The summed E-state index contributed by atoms with van der Waals surface area (Å²) in [5.74, 6) is 0. The molecule has 0 amide bonds. The summed E-state index contributed by atoms with van der Waals surface area (Å²) in [6.07, 6.45) is 0. The molecule has 0 aliphatic heterocycles. The van der Waals surface area contributed by atoms with E-state index in [-0.39, 0.29) is 0 Å². The van der Waals surface area contributed by atoms with Gasteiger partial charge in [0.25, 0.3) is 0 Å². The summed E-state index contributed by atoms with van der Waals surface area (Å²) < 4.78 is 12.0. The summed E-state index contributed by atoms with van der Waals surface area (Å²) in [4.78, 5) is 0. The van der Waals surface area contributed by atoms with Gasteiger partial charge in [-0.25, -0.2) is 0 Å². The van der Waals surface area contributed by atoms with Gasteiger partial charge in [-0.05, 0) is 0 Å². The predicted octanol–water partition coefficient (Wildman–Crippen LogP) is 8.11. The first kappa shape index (κ1) is 22.4.